The van der Waals surface area contributed by atoms with Gasteiger partial charge >= 0.3 is 12.5 Å². The maximum absolute atomic E-state index is 14.4. The number of aromatic nitrogens is 3. The highest BCUT2D eigenvalue weighted by Gasteiger charge is 2.49. The number of H-pyrrole nitrogens is 1. The number of nitrogens with one attached hydrogen (secondary N) is 1. The van der Waals surface area contributed by atoms with Gasteiger partial charge in [0.2, 0.25) is 0 Å². The minimum absolute atomic E-state index is 0.0774. The third-order valence-electron chi connectivity index (χ3n) is 4.58. The molecule has 1 aromatic carbocycles. The molecule has 3 atom stereocenters. The van der Waals surface area contributed by atoms with Crippen LogP contribution < -0.4 is 0 Å². The summed E-state index contributed by atoms with van der Waals surface area (Å²) in [7, 11) is 0. The molecule has 0 spiro atoms. The van der Waals surface area contributed by atoms with Crippen molar-refractivity contribution in [3.8, 4) is 0 Å². The Morgan fingerprint density at radius 1 is 1.25 bits per heavy atom. The lowest BCUT2D eigenvalue weighted by atomic mass is 9.75. The van der Waals surface area contributed by atoms with E-state index >= 15 is 0 Å². The Kier molecular flexibility index (Phi) is 6.71. The van der Waals surface area contributed by atoms with Crippen LogP contribution in [0.25, 0.3) is 0 Å². The summed E-state index contributed by atoms with van der Waals surface area (Å²) in [5.74, 6) is -3.28. The van der Waals surface area contributed by atoms with Crippen molar-refractivity contribution in [2.75, 3.05) is 0 Å². The number of aliphatic hydroxyl groups is 1. The van der Waals surface area contributed by atoms with Crippen molar-refractivity contribution in [3.63, 3.8) is 0 Å². The highest BCUT2D eigenvalue weighted by Crippen LogP contribution is 2.40. The minimum atomic E-state index is -4.76. The summed E-state index contributed by atoms with van der Waals surface area (Å²) in [4.78, 5) is 3.81. The number of ether oxygens (including phenoxy) is 1. The van der Waals surface area contributed by atoms with Crippen molar-refractivity contribution in [3.05, 3.63) is 47.5 Å². The van der Waals surface area contributed by atoms with Crippen molar-refractivity contribution in [2.24, 2.45) is 5.92 Å². The maximum Gasteiger partial charge on any atom is 0.416 e. The van der Waals surface area contributed by atoms with Crippen molar-refractivity contribution in [2.45, 2.75) is 50.9 Å². The summed E-state index contributed by atoms with van der Waals surface area (Å²) in [6.07, 6.45) is -9.94. The van der Waals surface area contributed by atoms with Gasteiger partial charge in [0.25, 0.3) is 0 Å². The smallest absolute Gasteiger partial charge is 0.384 e. The predicted molar refractivity (Wildman–Crippen MR) is 85.6 cm³/mol. The molecular weight excluding hydrogens is 392 g/mol. The zero-order valence-corrected chi connectivity index (χ0v) is 15.0. The van der Waals surface area contributed by atoms with Crippen LogP contribution in [-0.2, 0) is 16.8 Å². The van der Waals surface area contributed by atoms with Crippen LogP contribution in [0.15, 0.2) is 24.5 Å². The van der Waals surface area contributed by atoms with Crippen molar-refractivity contribution in [1.29, 1.82) is 0 Å². The van der Waals surface area contributed by atoms with Crippen LogP contribution in [0.2, 0.25) is 0 Å². The second-order valence-electron chi connectivity index (χ2n) is 6.37. The molecule has 2 aromatic rings. The van der Waals surface area contributed by atoms with E-state index < -0.39 is 53.8 Å². The maximum atomic E-state index is 14.4. The fourth-order valence-electron chi connectivity index (χ4n) is 3.01. The van der Waals surface area contributed by atoms with Crippen LogP contribution in [0.5, 0.6) is 0 Å². The van der Waals surface area contributed by atoms with Crippen LogP contribution in [-0.4, -0.2) is 38.9 Å². The molecule has 1 heterocycles. The van der Waals surface area contributed by atoms with Crippen molar-refractivity contribution < 1.29 is 36.2 Å². The Hall–Kier alpha value is -2.14. The van der Waals surface area contributed by atoms with Gasteiger partial charge in [0, 0.05) is 24.0 Å². The van der Waals surface area contributed by atoms with Crippen molar-refractivity contribution in [1.82, 2.24) is 15.2 Å². The lowest BCUT2D eigenvalue weighted by molar-refractivity contribution is -0.330. The first-order valence-corrected chi connectivity index (χ1v) is 8.37. The van der Waals surface area contributed by atoms with Gasteiger partial charge in [-0.15, -0.1) is 0 Å². The van der Waals surface area contributed by atoms with E-state index in [1.807, 2.05) is 0 Å². The van der Waals surface area contributed by atoms with Gasteiger partial charge < -0.3 is 9.84 Å². The first-order chi connectivity index (χ1) is 13.0. The zero-order chi connectivity index (χ0) is 21.1. The monoisotopic (exact) mass is 411 g/mol. The molecule has 1 aromatic heterocycles. The van der Waals surface area contributed by atoms with Crippen molar-refractivity contribution >= 4 is 0 Å². The molecule has 3 unspecified atom stereocenters. The third kappa shape index (κ3) is 4.64. The molecule has 0 amide bonds. The molecule has 11 heteroatoms. The fourth-order valence-corrected chi connectivity index (χ4v) is 3.01. The lowest BCUT2D eigenvalue weighted by Gasteiger charge is -2.39. The Morgan fingerprint density at radius 2 is 1.93 bits per heavy atom. The summed E-state index contributed by atoms with van der Waals surface area (Å²) in [5.41, 5.74) is -2.66. The van der Waals surface area contributed by atoms with E-state index in [1.165, 1.54) is 13.8 Å². The standard InChI is InChI=1S/C17H19F6N3O2/c1-3-13(28-17(22,23)15(20)21)9(2)16(27,7-14-24-8-25-26-14)11-5-4-10(18)6-12(11)19/h4-6,8-9,13,15,27H,3,7H2,1-2H3,(H,24,25,26). The predicted octanol–water partition coefficient (Wildman–Crippen LogP) is 3.80. The van der Waals surface area contributed by atoms with Gasteiger partial charge in [-0.05, 0) is 12.5 Å². The Morgan fingerprint density at radius 3 is 2.43 bits per heavy atom. The van der Waals surface area contributed by atoms with Crippen LogP contribution >= 0.6 is 0 Å². The van der Waals surface area contributed by atoms with Gasteiger partial charge in [0.1, 0.15) is 29.4 Å². The number of hydrogen-bond acceptors (Lipinski definition) is 4. The van der Waals surface area contributed by atoms with Gasteiger partial charge in [-0.1, -0.05) is 19.9 Å². The summed E-state index contributed by atoms with van der Waals surface area (Å²) < 4.78 is 83.9. The van der Waals surface area contributed by atoms with Gasteiger partial charge in [-0.2, -0.15) is 13.9 Å². The van der Waals surface area contributed by atoms with Crippen LogP contribution in [0, 0.1) is 17.6 Å². The first kappa shape index (κ1) is 22.2. The summed E-state index contributed by atoms with van der Waals surface area (Å²) in [6.45, 7) is 2.63. The number of hydrogen-bond donors (Lipinski definition) is 2. The lowest BCUT2D eigenvalue weighted by Crippen LogP contribution is -2.47. The number of halogens is 6. The van der Waals surface area contributed by atoms with E-state index in [4.69, 9.17) is 0 Å². The average Bonchev–Trinajstić information content (AvgIpc) is 3.11. The van der Waals surface area contributed by atoms with E-state index in [0.717, 1.165) is 18.5 Å². The molecule has 0 radical (unpaired) electrons. The SMILES string of the molecule is CCC(OC(F)(F)C(F)F)C(C)C(O)(Cc1ncn[nH]1)c1ccc(F)cc1F. The van der Waals surface area contributed by atoms with Gasteiger partial charge in [0.15, 0.2) is 0 Å². The molecule has 28 heavy (non-hydrogen) atoms. The highest BCUT2D eigenvalue weighted by atomic mass is 19.3. The topological polar surface area (TPSA) is 71.0 Å². The number of rotatable bonds is 9. The molecule has 2 N–H and O–H groups in total. The average molecular weight is 411 g/mol. The summed E-state index contributed by atoms with van der Waals surface area (Å²) >= 11 is 0. The highest BCUT2D eigenvalue weighted by molar-refractivity contribution is 5.27. The number of aromatic amines is 1. The Balaban J connectivity index is 2.47. The molecule has 0 aliphatic carbocycles. The second kappa shape index (κ2) is 8.48. The molecule has 2 rings (SSSR count). The van der Waals surface area contributed by atoms with E-state index in [-0.39, 0.29) is 12.2 Å². The first-order valence-electron chi connectivity index (χ1n) is 8.37. The van der Waals surface area contributed by atoms with E-state index in [1.54, 1.807) is 0 Å². The van der Waals surface area contributed by atoms with Gasteiger partial charge in [-0.3, -0.25) is 5.10 Å². The largest absolute Gasteiger partial charge is 0.416 e. The Bertz CT molecular complexity index is 774. The molecule has 0 saturated heterocycles. The molecule has 156 valence electrons. The molecular formula is C17H19F6N3O2. The van der Waals surface area contributed by atoms with Crippen LogP contribution in [0.4, 0.5) is 26.3 Å². The molecule has 5 nitrogen and oxygen atoms in total. The van der Waals surface area contributed by atoms with Crippen LogP contribution in [0.1, 0.15) is 31.7 Å². The molecule has 0 aliphatic heterocycles. The number of alkyl halides is 4. The Labute approximate surface area is 156 Å². The fraction of sp³-hybridized carbons (Fsp3) is 0.529. The number of benzene rings is 1. The summed E-state index contributed by atoms with van der Waals surface area (Å²) in [6, 6.07) is 2.35. The normalized spacial score (nSPS) is 16.8. The molecule has 0 saturated carbocycles. The quantitative estimate of drug-likeness (QED) is 0.616. The molecule has 0 bridgehead atoms. The zero-order valence-electron chi connectivity index (χ0n) is 15.0. The van der Waals surface area contributed by atoms with E-state index in [0.29, 0.717) is 6.07 Å². The van der Waals surface area contributed by atoms with E-state index in [9.17, 15) is 31.4 Å². The summed E-state index contributed by atoms with van der Waals surface area (Å²) in [5, 5.41) is 17.3. The third-order valence-corrected chi connectivity index (χ3v) is 4.58. The van der Waals surface area contributed by atoms with Gasteiger partial charge in [-0.25, -0.2) is 22.5 Å². The molecule has 0 aliphatic rings. The second-order valence-corrected chi connectivity index (χ2v) is 6.37. The minimum Gasteiger partial charge on any atom is -0.384 e. The molecule has 0 fully saturated rings. The number of nitrogens with zero attached hydrogens (tertiary/aromatic N) is 2. The van der Waals surface area contributed by atoms with E-state index in [2.05, 4.69) is 19.9 Å². The van der Waals surface area contributed by atoms with Gasteiger partial charge in [0.05, 0.1) is 6.10 Å². The van der Waals surface area contributed by atoms with Crippen LogP contribution in [0.3, 0.4) is 0 Å².